The summed E-state index contributed by atoms with van der Waals surface area (Å²) in [6.45, 7) is 3.81. The number of aromatic nitrogens is 2. The van der Waals surface area contributed by atoms with Crippen molar-refractivity contribution in [2.45, 2.75) is 0 Å². The molecule has 3 aromatic rings. The van der Waals surface area contributed by atoms with Gasteiger partial charge in [0, 0.05) is 37.8 Å². The van der Waals surface area contributed by atoms with Crippen LogP contribution in [0, 0.1) is 0 Å². The Labute approximate surface area is 122 Å². The second-order valence-corrected chi connectivity index (χ2v) is 5.13. The second kappa shape index (κ2) is 5.18. The molecule has 1 saturated heterocycles. The van der Waals surface area contributed by atoms with E-state index in [2.05, 4.69) is 20.2 Å². The van der Waals surface area contributed by atoms with Gasteiger partial charge in [-0.15, -0.1) is 0 Å². The largest absolute Gasteiger partial charge is 0.454 e. The fourth-order valence-electron chi connectivity index (χ4n) is 2.61. The molecule has 0 saturated carbocycles. The Morgan fingerprint density at radius 2 is 1.95 bits per heavy atom. The summed E-state index contributed by atoms with van der Waals surface area (Å²) in [7, 11) is 0. The van der Waals surface area contributed by atoms with E-state index >= 15 is 0 Å². The summed E-state index contributed by atoms with van der Waals surface area (Å²) in [5, 5.41) is 4.43. The third kappa shape index (κ3) is 2.36. The molecule has 0 amide bonds. The molecule has 1 aromatic carbocycles. The van der Waals surface area contributed by atoms with Gasteiger partial charge < -0.3 is 14.6 Å². The maximum atomic E-state index is 5.88. The number of piperazine rings is 1. The van der Waals surface area contributed by atoms with Crippen LogP contribution < -0.4 is 10.2 Å². The summed E-state index contributed by atoms with van der Waals surface area (Å²) in [6, 6.07) is 11.9. The minimum Gasteiger partial charge on any atom is -0.454 e. The van der Waals surface area contributed by atoms with Crippen LogP contribution in [0.1, 0.15) is 0 Å². The van der Waals surface area contributed by atoms with E-state index in [0.717, 1.165) is 54.6 Å². The molecule has 1 aliphatic rings. The number of fused-ring (bicyclic) bond motifs is 1. The maximum Gasteiger partial charge on any atom is 0.226 e. The van der Waals surface area contributed by atoms with Crippen LogP contribution in [0.15, 0.2) is 47.0 Å². The highest BCUT2D eigenvalue weighted by atomic mass is 16.3. The molecule has 1 fully saturated rings. The molecular formula is C16H16N4O. The molecule has 0 aliphatic carbocycles. The number of para-hydroxylation sites is 1. The van der Waals surface area contributed by atoms with Gasteiger partial charge >= 0.3 is 0 Å². The molecule has 106 valence electrons. The van der Waals surface area contributed by atoms with Crippen LogP contribution in [0.25, 0.3) is 22.4 Å². The predicted molar refractivity (Wildman–Crippen MR) is 82.3 cm³/mol. The minimum absolute atomic E-state index is 0.773. The Kier molecular flexibility index (Phi) is 3.05. The Bertz CT molecular complexity index is 729. The van der Waals surface area contributed by atoms with Crippen LogP contribution in [0.5, 0.6) is 0 Å². The molecule has 1 aliphatic heterocycles. The lowest BCUT2D eigenvalue weighted by Gasteiger charge is -2.27. The quantitative estimate of drug-likeness (QED) is 0.780. The lowest BCUT2D eigenvalue weighted by atomic mass is 10.2. The van der Waals surface area contributed by atoms with Crippen LogP contribution in [0.2, 0.25) is 0 Å². The van der Waals surface area contributed by atoms with E-state index in [1.54, 1.807) is 6.20 Å². The zero-order chi connectivity index (χ0) is 14.1. The zero-order valence-corrected chi connectivity index (χ0v) is 11.6. The normalized spacial score (nSPS) is 15.5. The molecular weight excluding hydrogens is 264 g/mol. The summed E-state index contributed by atoms with van der Waals surface area (Å²) < 4.78 is 5.88. The van der Waals surface area contributed by atoms with Crippen LogP contribution in [-0.4, -0.2) is 36.1 Å². The van der Waals surface area contributed by atoms with Gasteiger partial charge in [0.25, 0.3) is 0 Å². The molecule has 4 rings (SSSR count). The minimum atomic E-state index is 0.773. The van der Waals surface area contributed by atoms with E-state index < -0.39 is 0 Å². The third-order valence-electron chi connectivity index (χ3n) is 3.72. The number of nitrogens with one attached hydrogen (secondary N) is 1. The van der Waals surface area contributed by atoms with Gasteiger partial charge in [-0.05, 0) is 18.2 Å². The first kappa shape index (κ1) is 12.3. The first-order valence-electron chi connectivity index (χ1n) is 7.18. The van der Waals surface area contributed by atoms with Gasteiger partial charge in [-0.25, -0.2) is 9.97 Å². The smallest absolute Gasteiger partial charge is 0.226 e. The Morgan fingerprint density at radius 1 is 1.10 bits per heavy atom. The first-order valence-corrected chi connectivity index (χ1v) is 7.18. The molecule has 0 spiro atoms. The standard InChI is InChI=1S/C16H16N4O/c1-2-4-14-12(3-1)11-15(21-14)13-5-6-18-16(19-13)20-9-7-17-8-10-20/h1-6,11,17H,7-10H2. The Hall–Kier alpha value is -2.40. The van der Waals surface area contributed by atoms with Crippen LogP contribution >= 0.6 is 0 Å². The van der Waals surface area contributed by atoms with Gasteiger partial charge in [0.2, 0.25) is 5.95 Å². The summed E-state index contributed by atoms with van der Waals surface area (Å²) >= 11 is 0. The van der Waals surface area contributed by atoms with Crippen molar-refractivity contribution in [3.8, 4) is 11.5 Å². The van der Waals surface area contributed by atoms with E-state index in [-0.39, 0.29) is 0 Å². The number of hydrogen-bond acceptors (Lipinski definition) is 5. The van der Waals surface area contributed by atoms with Crippen LogP contribution in [-0.2, 0) is 0 Å². The van der Waals surface area contributed by atoms with Crippen molar-refractivity contribution in [2.75, 3.05) is 31.1 Å². The fraction of sp³-hybridized carbons (Fsp3) is 0.250. The van der Waals surface area contributed by atoms with Crippen molar-refractivity contribution in [3.63, 3.8) is 0 Å². The summed E-state index contributed by atoms with van der Waals surface area (Å²) in [4.78, 5) is 11.2. The van der Waals surface area contributed by atoms with E-state index in [1.807, 2.05) is 36.4 Å². The van der Waals surface area contributed by atoms with Gasteiger partial charge in [0.1, 0.15) is 11.3 Å². The molecule has 5 heteroatoms. The van der Waals surface area contributed by atoms with Crippen LogP contribution in [0.3, 0.4) is 0 Å². The third-order valence-corrected chi connectivity index (χ3v) is 3.72. The van der Waals surface area contributed by atoms with Gasteiger partial charge in [-0.2, -0.15) is 0 Å². The number of furan rings is 1. The lowest BCUT2D eigenvalue weighted by molar-refractivity contribution is 0.579. The molecule has 5 nitrogen and oxygen atoms in total. The van der Waals surface area contributed by atoms with Crippen LogP contribution in [0.4, 0.5) is 5.95 Å². The molecule has 1 N–H and O–H groups in total. The molecule has 3 heterocycles. The SMILES string of the molecule is c1ccc2oc(-c3ccnc(N4CCNCC4)n3)cc2c1. The summed E-state index contributed by atoms with van der Waals surface area (Å²) in [5.74, 6) is 1.56. The monoisotopic (exact) mass is 280 g/mol. The Balaban J connectivity index is 1.71. The van der Waals surface area contributed by atoms with Crippen molar-refractivity contribution in [2.24, 2.45) is 0 Å². The number of hydrogen-bond donors (Lipinski definition) is 1. The number of rotatable bonds is 2. The summed E-state index contributed by atoms with van der Waals surface area (Å²) in [6.07, 6.45) is 1.80. The number of benzene rings is 1. The molecule has 0 radical (unpaired) electrons. The van der Waals surface area contributed by atoms with Crippen molar-refractivity contribution >= 4 is 16.9 Å². The average Bonchev–Trinajstić information content (AvgIpc) is 3.00. The van der Waals surface area contributed by atoms with Crippen molar-refractivity contribution in [1.29, 1.82) is 0 Å². The molecule has 2 aromatic heterocycles. The highest BCUT2D eigenvalue weighted by molar-refractivity contribution is 5.82. The number of anilines is 1. The van der Waals surface area contributed by atoms with E-state index in [4.69, 9.17) is 4.42 Å². The zero-order valence-electron chi connectivity index (χ0n) is 11.6. The lowest BCUT2D eigenvalue weighted by Crippen LogP contribution is -2.44. The topological polar surface area (TPSA) is 54.2 Å². The number of nitrogens with zero attached hydrogens (tertiary/aromatic N) is 3. The van der Waals surface area contributed by atoms with Crippen molar-refractivity contribution in [1.82, 2.24) is 15.3 Å². The molecule has 0 atom stereocenters. The van der Waals surface area contributed by atoms with Gasteiger partial charge in [-0.1, -0.05) is 18.2 Å². The highest BCUT2D eigenvalue weighted by Crippen LogP contribution is 2.27. The second-order valence-electron chi connectivity index (χ2n) is 5.13. The molecule has 21 heavy (non-hydrogen) atoms. The summed E-state index contributed by atoms with van der Waals surface area (Å²) in [5.41, 5.74) is 1.71. The van der Waals surface area contributed by atoms with E-state index in [0.29, 0.717) is 0 Å². The van der Waals surface area contributed by atoms with Gasteiger partial charge in [0.05, 0.1) is 0 Å². The first-order chi connectivity index (χ1) is 10.4. The van der Waals surface area contributed by atoms with Gasteiger partial charge in [-0.3, -0.25) is 0 Å². The maximum absolute atomic E-state index is 5.88. The average molecular weight is 280 g/mol. The Morgan fingerprint density at radius 3 is 2.81 bits per heavy atom. The van der Waals surface area contributed by atoms with E-state index in [1.165, 1.54) is 0 Å². The van der Waals surface area contributed by atoms with E-state index in [9.17, 15) is 0 Å². The fourth-order valence-corrected chi connectivity index (χ4v) is 2.61. The molecule has 0 unspecified atom stereocenters. The highest BCUT2D eigenvalue weighted by Gasteiger charge is 2.15. The predicted octanol–water partition coefficient (Wildman–Crippen LogP) is 2.30. The molecule has 0 bridgehead atoms. The van der Waals surface area contributed by atoms with Gasteiger partial charge in [0.15, 0.2) is 5.76 Å². The van der Waals surface area contributed by atoms with Crippen molar-refractivity contribution < 1.29 is 4.42 Å². The van der Waals surface area contributed by atoms with Crippen molar-refractivity contribution in [3.05, 3.63) is 42.6 Å².